The van der Waals surface area contributed by atoms with Gasteiger partial charge in [-0.1, -0.05) is 0 Å². The first kappa shape index (κ1) is 11.9. The molecule has 0 fully saturated rings. The summed E-state index contributed by atoms with van der Waals surface area (Å²) in [7, 11) is 0. The fraction of sp³-hybridized carbons (Fsp3) is 1.00. The van der Waals surface area contributed by atoms with Gasteiger partial charge in [-0.2, -0.15) is 0 Å². The second-order valence-corrected chi connectivity index (χ2v) is 14.2. The molecule has 0 saturated heterocycles. The molecule has 1 heteroatoms. The minimum atomic E-state index is -0.967. The van der Waals surface area contributed by atoms with Crippen molar-refractivity contribution in [2.75, 3.05) is 0 Å². The van der Waals surface area contributed by atoms with Gasteiger partial charge in [0.15, 0.2) is 0 Å². The van der Waals surface area contributed by atoms with Gasteiger partial charge in [-0.15, -0.1) is 0 Å². The zero-order valence-corrected chi connectivity index (χ0v) is 13.2. The minimum Gasteiger partial charge on any atom is 0 e. The van der Waals surface area contributed by atoms with Crippen LogP contribution < -0.4 is 0 Å². The molecule has 0 N–H and O–H groups in total. The van der Waals surface area contributed by atoms with Crippen molar-refractivity contribution in [3.8, 4) is 0 Å². The van der Waals surface area contributed by atoms with E-state index in [1.807, 2.05) is 0 Å². The first-order valence-electron chi connectivity index (χ1n) is 7.35. The number of hydrogen-bond acceptors (Lipinski definition) is 0. The maximum absolute atomic E-state index is 5.00. The Morgan fingerprint density at radius 3 is 1.31 bits per heavy atom. The summed E-state index contributed by atoms with van der Waals surface area (Å²) in [6.45, 7) is 7.01. The van der Waals surface area contributed by atoms with Gasteiger partial charge in [-0.05, 0) is 0 Å². The van der Waals surface area contributed by atoms with Gasteiger partial charge >= 0.3 is 92.4 Å². The van der Waals surface area contributed by atoms with E-state index in [0.717, 1.165) is 0 Å². The molecule has 0 rings (SSSR count). The third-order valence-corrected chi connectivity index (χ3v) is 13.4. The molecule has 0 nitrogen and oxygen atoms in total. The van der Waals surface area contributed by atoms with Crippen molar-refractivity contribution in [3.63, 3.8) is 0 Å². The van der Waals surface area contributed by atoms with Crippen LogP contribution in [-0.2, 0) is 0 Å². The Hall–Kier alpha value is 0.799. The SMILES string of the molecule is CCC[CH2][SnH]([CH2]CCC)[CH2]CCC.[H][H]. The first-order chi connectivity index (χ1) is 7.35. The van der Waals surface area contributed by atoms with Crippen LogP contribution in [0.5, 0.6) is 0 Å². The van der Waals surface area contributed by atoms with Gasteiger partial charge in [0, 0.05) is 2.97 Å². The van der Waals surface area contributed by atoms with E-state index < -0.39 is 19.8 Å². The first-order valence-corrected chi connectivity index (χ1v) is 13.3. The van der Waals surface area contributed by atoms with Crippen LogP contribution in [0.15, 0.2) is 0 Å². The van der Waals surface area contributed by atoms with E-state index in [0.29, 0.717) is 0 Å². The van der Waals surface area contributed by atoms with Crippen LogP contribution in [0, 0.1) is 0 Å². The monoisotopic (exact) mass is 294 g/mol. The van der Waals surface area contributed by atoms with Gasteiger partial charge in [-0.25, -0.2) is 0 Å². The Morgan fingerprint density at radius 2 is 1.08 bits per heavy atom. The summed E-state index contributed by atoms with van der Waals surface area (Å²) >= 11 is -0.967. The van der Waals surface area contributed by atoms with E-state index in [-0.39, 0.29) is 0 Å². The third-order valence-electron chi connectivity index (χ3n) is 2.90. The molecule has 0 spiro atoms. The molecule has 0 aromatic carbocycles. The molecule has 0 aliphatic heterocycles. The van der Waals surface area contributed by atoms with Gasteiger partial charge < -0.3 is 0 Å². The van der Waals surface area contributed by atoms with E-state index >= 15 is 0 Å². The van der Waals surface area contributed by atoms with Gasteiger partial charge in [0.05, 0.1) is 0 Å². The summed E-state index contributed by atoms with van der Waals surface area (Å²) in [5.74, 6) is 0. The van der Waals surface area contributed by atoms with Crippen molar-refractivity contribution >= 4 is 19.8 Å². The van der Waals surface area contributed by atoms with E-state index in [1.54, 1.807) is 13.3 Å². The normalized spacial score (nSPS) is 11.7. The van der Waals surface area contributed by atoms with Crippen LogP contribution >= 0.6 is 0 Å². The molecule has 0 unspecified atom stereocenters. The van der Waals surface area contributed by atoms with Crippen molar-refractivity contribution in [2.24, 2.45) is 0 Å². The molecular weight excluding hydrogens is 263 g/mol. The zero-order valence-electron chi connectivity index (χ0n) is 11.9. The zero-order chi connectivity index (χ0) is 11.9. The van der Waals surface area contributed by atoms with Crippen molar-refractivity contribution in [1.82, 2.24) is 0 Å². The molecule has 0 amide bonds. The van der Waals surface area contributed by atoms with Crippen LogP contribution in [-0.4, -0.2) is 19.8 Å². The van der Waals surface area contributed by atoms with Crippen molar-refractivity contribution in [1.29, 1.82) is 0 Å². The summed E-state index contributed by atoms with van der Waals surface area (Å²) in [6, 6.07) is 0. The predicted octanol–water partition coefficient (Wildman–Crippen LogP) is 4.86. The molecule has 13 heavy (non-hydrogen) atoms. The predicted molar refractivity (Wildman–Crippen MR) is 68.4 cm³/mol. The van der Waals surface area contributed by atoms with Crippen LogP contribution in [0.25, 0.3) is 0 Å². The smallest absolute Gasteiger partial charge is 0 e. The molecule has 0 radical (unpaired) electrons. The Labute approximate surface area is 95.3 Å². The second-order valence-electron chi connectivity index (χ2n) is 4.29. The molecule has 0 aliphatic rings. The molecule has 82 valence electrons. The van der Waals surface area contributed by atoms with Gasteiger partial charge in [0.1, 0.15) is 0 Å². The maximum Gasteiger partial charge on any atom is 0 e. The number of rotatable bonds is 9. The largest absolute Gasteiger partial charge is 0 e. The van der Waals surface area contributed by atoms with Gasteiger partial charge in [0.2, 0.25) is 0 Å². The van der Waals surface area contributed by atoms with Crippen molar-refractivity contribution in [3.05, 3.63) is 0 Å². The van der Waals surface area contributed by atoms with Crippen LogP contribution in [0.2, 0.25) is 13.3 Å². The Bertz CT molecular complexity index is 80.6. The molecule has 0 aromatic rings. The quantitative estimate of drug-likeness (QED) is 0.532. The maximum atomic E-state index is 5.00. The average molecular weight is 293 g/mol. The van der Waals surface area contributed by atoms with E-state index in [4.69, 9.17) is 2.97 Å². The summed E-state index contributed by atoms with van der Waals surface area (Å²) in [5.41, 5.74) is 0. The Balaban J connectivity index is 0. The van der Waals surface area contributed by atoms with E-state index in [1.165, 1.54) is 38.5 Å². The van der Waals surface area contributed by atoms with E-state index in [9.17, 15) is 0 Å². The van der Waals surface area contributed by atoms with Crippen LogP contribution in [0.3, 0.4) is 0 Å². The Morgan fingerprint density at radius 1 is 0.769 bits per heavy atom. The topological polar surface area (TPSA) is 0 Å². The molecule has 0 heterocycles. The van der Waals surface area contributed by atoms with Gasteiger partial charge in [-0.3, -0.25) is 0 Å². The number of hydrogen-bond donors (Lipinski definition) is 0. The summed E-state index contributed by atoms with van der Waals surface area (Å²) in [5, 5.41) is 0. The second kappa shape index (κ2) is 10.9. The van der Waals surface area contributed by atoms with Crippen molar-refractivity contribution in [2.45, 2.75) is 72.6 Å². The molecule has 0 bridgehead atoms. The number of unbranched alkanes of at least 4 members (excludes halogenated alkanes) is 3. The van der Waals surface area contributed by atoms with E-state index in [2.05, 4.69) is 20.8 Å². The fourth-order valence-corrected chi connectivity index (χ4v) is 12.8. The molecule has 0 atom stereocenters. The average Bonchev–Trinajstić information content (AvgIpc) is 2.31. The summed E-state index contributed by atoms with van der Waals surface area (Å²) < 4.78 is 15.1. The summed E-state index contributed by atoms with van der Waals surface area (Å²) in [6.07, 6.45) is 8.87. The molecule has 0 saturated carbocycles. The van der Waals surface area contributed by atoms with Crippen LogP contribution in [0.4, 0.5) is 0 Å². The standard InChI is InChI=1S/3C4H9.Sn.H2.H/c3*1-3-4-2;;;/h3*1,3-4H2,2H3;;1H;. The minimum absolute atomic E-state index is 0.967. The molecular formula is C12H30Sn. The molecule has 0 aliphatic carbocycles. The van der Waals surface area contributed by atoms with Crippen LogP contribution in [0.1, 0.15) is 62.3 Å². The third kappa shape index (κ3) is 9.11. The molecule has 0 aromatic heterocycles. The fourth-order valence-electron chi connectivity index (χ4n) is 1.91. The summed E-state index contributed by atoms with van der Waals surface area (Å²) in [4.78, 5) is 0. The Kier molecular flexibility index (Phi) is 9.93. The van der Waals surface area contributed by atoms with Gasteiger partial charge in [0.25, 0.3) is 0 Å². The van der Waals surface area contributed by atoms with Crippen molar-refractivity contribution < 1.29 is 2.97 Å².